The van der Waals surface area contributed by atoms with Crippen LogP contribution in [0.3, 0.4) is 0 Å². The molecule has 0 radical (unpaired) electrons. The third-order valence-corrected chi connectivity index (χ3v) is 3.72. The number of aliphatic hydroxyl groups is 1. The molecule has 3 aliphatic rings. The SMILES string of the molecule is CC1(C)O[C@H]2O[C@H]3/C(=C\CO)COC(C)(C)O[C@H]3[C@H]2O1. The van der Waals surface area contributed by atoms with Gasteiger partial charge in [-0.05, 0) is 33.3 Å². The molecule has 0 amide bonds. The molecule has 3 rings (SSSR count). The summed E-state index contributed by atoms with van der Waals surface area (Å²) in [6.45, 7) is 7.73. The van der Waals surface area contributed by atoms with E-state index in [-0.39, 0.29) is 24.9 Å². The third-order valence-electron chi connectivity index (χ3n) is 3.72. The molecule has 6 nitrogen and oxygen atoms in total. The Hall–Kier alpha value is -0.500. The van der Waals surface area contributed by atoms with Crippen molar-refractivity contribution < 1.29 is 28.8 Å². The lowest BCUT2D eigenvalue weighted by Gasteiger charge is -2.29. The van der Waals surface area contributed by atoms with Crippen molar-refractivity contribution in [3.05, 3.63) is 11.6 Å². The van der Waals surface area contributed by atoms with Gasteiger partial charge in [-0.2, -0.15) is 0 Å². The van der Waals surface area contributed by atoms with Gasteiger partial charge in [-0.15, -0.1) is 0 Å². The van der Waals surface area contributed by atoms with E-state index >= 15 is 0 Å². The molecule has 0 aromatic heterocycles. The molecule has 1 N–H and O–H groups in total. The summed E-state index contributed by atoms with van der Waals surface area (Å²) in [4.78, 5) is 0. The molecule has 3 heterocycles. The average Bonchev–Trinajstić information content (AvgIpc) is 2.74. The van der Waals surface area contributed by atoms with Gasteiger partial charge < -0.3 is 28.8 Å². The Balaban J connectivity index is 1.89. The van der Waals surface area contributed by atoms with E-state index in [0.29, 0.717) is 6.61 Å². The lowest BCUT2D eigenvalue weighted by Crippen LogP contribution is -2.41. The number of fused-ring (bicyclic) bond motifs is 3. The zero-order valence-corrected chi connectivity index (χ0v) is 12.3. The molecule has 0 spiro atoms. The quantitative estimate of drug-likeness (QED) is 0.723. The Morgan fingerprint density at radius 3 is 2.50 bits per heavy atom. The first-order valence-electron chi connectivity index (χ1n) is 6.94. The molecular weight excluding hydrogens is 264 g/mol. The second-order valence-corrected chi connectivity index (χ2v) is 6.26. The van der Waals surface area contributed by atoms with Crippen molar-refractivity contribution >= 4 is 0 Å². The molecule has 3 aliphatic heterocycles. The van der Waals surface area contributed by atoms with Crippen molar-refractivity contribution in [1.29, 1.82) is 0 Å². The fourth-order valence-electron chi connectivity index (χ4n) is 2.90. The van der Waals surface area contributed by atoms with Gasteiger partial charge in [0.15, 0.2) is 17.9 Å². The highest BCUT2D eigenvalue weighted by molar-refractivity contribution is 5.17. The Labute approximate surface area is 118 Å². The maximum absolute atomic E-state index is 9.16. The molecule has 0 aliphatic carbocycles. The maximum Gasteiger partial charge on any atom is 0.190 e. The fourth-order valence-corrected chi connectivity index (χ4v) is 2.90. The fraction of sp³-hybridized carbons (Fsp3) is 0.857. The summed E-state index contributed by atoms with van der Waals surface area (Å²) in [6, 6.07) is 0. The Bertz CT molecular complexity index is 416. The highest BCUT2D eigenvalue weighted by atomic mass is 16.8. The van der Waals surface area contributed by atoms with Gasteiger partial charge in [0.1, 0.15) is 18.3 Å². The summed E-state index contributed by atoms with van der Waals surface area (Å²) in [5, 5.41) is 9.16. The van der Waals surface area contributed by atoms with Crippen molar-refractivity contribution in [3.63, 3.8) is 0 Å². The molecule has 0 unspecified atom stereocenters. The molecule has 6 heteroatoms. The molecule has 114 valence electrons. The van der Waals surface area contributed by atoms with Gasteiger partial charge in [0, 0.05) is 0 Å². The second kappa shape index (κ2) is 4.76. The first-order chi connectivity index (χ1) is 9.31. The van der Waals surface area contributed by atoms with E-state index in [2.05, 4.69) is 0 Å². The van der Waals surface area contributed by atoms with Gasteiger partial charge in [0.2, 0.25) is 0 Å². The standard InChI is InChI=1S/C14H22O6/c1-13(2)16-7-8(5-6-15)9-10(18-13)11-12(17-9)20-14(3,4)19-11/h5,9-12,15H,6-7H2,1-4H3/b8-5-/t9-,10+,11+,12+/m0/s1. The van der Waals surface area contributed by atoms with Crippen LogP contribution in [0.15, 0.2) is 11.6 Å². The Kier molecular flexibility index (Phi) is 3.44. The summed E-state index contributed by atoms with van der Waals surface area (Å²) < 4.78 is 29.3. The lowest BCUT2D eigenvalue weighted by atomic mass is 10.0. The third kappa shape index (κ3) is 2.52. The van der Waals surface area contributed by atoms with Crippen LogP contribution in [0, 0.1) is 0 Å². The van der Waals surface area contributed by atoms with E-state index in [1.54, 1.807) is 6.08 Å². The number of aliphatic hydroxyl groups excluding tert-OH is 1. The van der Waals surface area contributed by atoms with E-state index in [0.717, 1.165) is 5.57 Å². The summed E-state index contributed by atoms with van der Waals surface area (Å²) in [7, 11) is 0. The minimum absolute atomic E-state index is 0.0613. The number of rotatable bonds is 1. The van der Waals surface area contributed by atoms with Crippen LogP contribution in [0.5, 0.6) is 0 Å². The maximum atomic E-state index is 9.16. The van der Waals surface area contributed by atoms with Crippen molar-refractivity contribution in [3.8, 4) is 0 Å². The van der Waals surface area contributed by atoms with Crippen LogP contribution in [0.1, 0.15) is 27.7 Å². The van der Waals surface area contributed by atoms with E-state index in [1.165, 1.54) is 0 Å². The molecule has 4 atom stereocenters. The van der Waals surface area contributed by atoms with Crippen LogP contribution < -0.4 is 0 Å². The normalized spacial score (nSPS) is 44.1. The molecular formula is C14H22O6. The number of ether oxygens (including phenoxy) is 5. The van der Waals surface area contributed by atoms with Gasteiger partial charge in [-0.3, -0.25) is 0 Å². The first-order valence-corrected chi connectivity index (χ1v) is 6.94. The van der Waals surface area contributed by atoms with Crippen LogP contribution in [0.2, 0.25) is 0 Å². The Morgan fingerprint density at radius 1 is 1.10 bits per heavy atom. The van der Waals surface area contributed by atoms with Crippen molar-refractivity contribution in [1.82, 2.24) is 0 Å². The predicted molar refractivity (Wildman–Crippen MR) is 68.8 cm³/mol. The second-order valence-electron chi connectivity index (χ2n) is 6.26. The van der Waals surface area contributed by atoms with Gasteiger partial charge >= 0.3 is 0 Å². The van der Waals surface area contributed by atoms with Crippen LogP contribution in [-0.4, -0.2) is 54.5 Å². The molecule has 0 aromatic carbocycles. The van der Waals surface area contributed by atoms with Gasteiger partial charge in [-0.25, -0.2) is 0 Å². The lowest BCUT2D eigenvalue weighted by molar-refractivity contribution is -0.253. The van der Waals surface area contributed by atoms with Crippen LogP contribution in [-0.2, 0) is 23.7 Å². The van der Waals surface area contributed by atoms with Crippen LogP contribution in [0.4, 0.5) is 0 Å². The van der Waals surface area contributed by atoms with Gasteiger partial charge in [-0.1, -0.05) is 6.08 Å². The largest absolute Gasteiger partial charge is 0.392 e. The summed E-state index contributed by atoms with van der Waals surface area (Å²) in [5.41, 5.74) is 0.863. The average molecular weight is 286 g/mol. The highest BCUT2D eigenvalue weighted by Gasteiger charge is 2.58. The van der Waals surface area contributed by atoms with E-state index in [4.69, 9.17) is 28.8 Å². The molecule has 20 heavy (non-hydrogen) atoms. The summed E-state index contributed by atoms with van der Waals surface area (Å²) in [6.07, 6.45) is 0.343. The minimum atomic E-state index is -0.734. The molecule has 0 saturated carbocycles. The van der Waals surface area contributed by atoms with Crippen molar-refractivity contribution in [2.75, 3.05) is 13.2 Å². The molecule has 0 aromatic rings. The zero-order valence-electron chi connectivity index (χ0n) is 12.3. The number of hydrogen-bond donors (Lipinski definition) is 1. The van der Waals surface area contributed by atoms with Crippen LogP contribution >= 0.6 is 0 Å². The van der Waals surface area contributed by atoms with E-state index in [9.17, 15) is 0 Å². The zero-order chi connectivity index (χ0) is 14.5. The molecule has 0 bridgehead atoms. The summed E-state index contributed by atoms with van der Waals surface area (Å²) >= 11 is 0. The smallest absolute Gasteiger partial charge is 0.190 e. The van der Waals surface area contributed by atoms with Gasteiger partial charge in [0.05, 0.1) is 13.2 Å². The highest BCUT2D eigenvalue weighted by Crippen LogP contribution is 2.43. The number of hydrogen-bond acceptors (Lipinski definition) is 6. The Morgan fingerprint density at radius 2 is 1.80 bits per heavy atom. The van der Waals surface area contributed by atoms with Crippen LogP contribution in [0.25, 0.3) is 0 Å². The van der Waals surface area contributed by atoms with E-state index in [1.807, 2.05) is 27.7 Å². The summed E-state index contributed by atoms with van der Waals surface area (Å²) in [5.74, 6) is -1.41. The van der Waals surface area contributed by atoms with Crippen molar-refractivity contribution in [2.45, 2.75) is 63.9 Å². The minimum Gasteiger partial charge on any atom is -0.392 e. The monoisotopic (exact) mass is 286 g/mol. The van der Waals surface area contributed by atoms with Crippen molar-refractivity contribution in [2.24, 2.45) is 0 Å². The molecule has 3 saturated heterocycles. The predicted octanol–water partition coefficient (Wildman–Crippen LogP) is 0.933. The molecule has 3 fully saturated rings. The first kappa shape index (κ1) is 14.4. The van der Waals surface area contributed by atoms with E-state index < -0.39 is 17.9 Å². The topological polar surface area (TPSA) is 66.4 Å². The van der Waals surface area contributed by atoms with Gasteiger partial charge in [0.25, 0.3) is 0 Å².